The first-order chi connectivity index (χ1) is 8.17. The summed E-state index contributed by atoms with van der Waals surface area (Å²) in [5.74, 6) is 1.34. The van der Waals surface area contributed by atoms with Gasteiger partial charge in [0, 0.05) is 0 Å². The summed E-state index contributed by atoms with van der Waals surface area (Å²) in [5.41, 5.74) is 13.3. The first-order valence-corrected chi connectivity index (χ1v) is 6.09. The Morgan fingerprint density at radius 1 is 1.12 bits per heavy atom. The molecule has 0 atom stereocenters. The lowest BCUT2D eigenvalue weighted by molar-refractivity contribution is 0.289. The zero-order valence-electron chi connectivity index (χ0n) is 9.74. The second-order valence-corrected chi connectivity index (χ2v) is 4.91. The van der Waals surface area contributed by atoms with Crippen molar-refractivity contribution in [3.05, 3.63) is 18.0 Å². The summed E-state index contributed by atoms with van der Waals surface area (Å²) in [7, 11) is 0. The highest BCUT2D eigenvalue weighted by atomic mass is 15.0. The molecular weight excluding hydrogens is 214 g/mol. The largest absolute Gasteiger partial charge is 0.384 e. The molecule has 0 aromatic carbocycles. The van der Waals surface area contributed by atoms with Gasteiger partial charge in [-0.2, -0.15) is 0 Å². The van der Waals surface area contributed by atoms with Gasteiger partial charge in [-0.25, -0.2) is 9.97 Å². The van der Waals surface area contributed by atoms with E-state index in [1.165, 1.54) is 19.3 Å². The third kappa shape index (κ3) is 1.76. The fourth-order valence-corrected chi connectivity index (χ4v) is 2.56. The highest BCUT2D eigenvalue weighted by Crippen LogP contribution is 2.33. The van der Waals surface area contributed by atoms with Gasteiger partial charge in [-0.1, -0.05) is 19.3 Å². The van der Waals surface area contributed by atoms with Crippen LogP contribution in [0.3, 0.4) is 0 Å². The van der Waals surface area contributed by atoms with Gasteiger partial charge in [0.1, 0.15) is 11.6 Å². The van der Waals surface area contributed by atoms with Crippen LogP contribution in [0.15, 0.2) is 12.1 Å². The molecule has 0 unspecified atom stereocenters. The van der Waals surface area contributed by atoms with Crippen molar-refractivity contribution >= 4 is 17.0 Å². The van der Waals surface area contributed by atoms with Gasteiger partial charge in [0.05, 0.1) is 11.1 Å². The van der Waals surface area contributed by atoms with Crippen LogP contribution in [0.2, 0.25) is 0 Å². The molecule has 0 aliphatic heterocycles. The van der Waals surface area contributed by atoms with Gasteiger partial charge in [-0.3, -0.25) is 0 Å². The number of aromatic nitrogens is 3. The zero-order chi connectivity index (χ0) is 11.9. The quantitative estimate of drug-likeness (QED) is 0.695. The predicted molar refractivity (Wildman–Crippen MR) is 67.3 cm³/mol. The van der Waals surface area contributed by atoms with E-state index in [4.69, 9.17) is 11.5 Å². The number of fused-ring (bicyclic) bond motifs is 1. The highest BCUT2D eigenvalue weighted by molar-refractivity contribution is 5.72. The van der Waals surface area contributed by atoms with E-state index in [9.17, 15) is 0 Å². The molecule has 17 heavy (non-hydrogen) atoms. The summed E-state index contributed by atoms with van der Waals surface area (Å²) >= 11 is 0. The summed E-state index contributed by atoms with van der Waals surface area (Å²) in [6.07, 6.45) is 5.58. The lowest BCUT2D eigenvalue weighted by atomic mass is 9.82. The number of nitrogens with two attached hydrogens (primary N) is 2. The molecule has 0 amide bonds. The van der Waals surface area contributed by atoms with Crippen LogP contribution < -0.4 is 11.5 Å². The molecule has 1 fully saturated rings. The van der Waals surface area contributed by atoms with Crippen LogP contribution in [0.5, 0.6) is 0 Å². The number of nitrogen functional groups attached to an aromatic ring is 1. The van der Waals surface area contributed by atoms with E-state index in [2.05, 4.69) is 15.0 Å². The minimum Gasteiger partial charge on any atom is -0.384 e. The lowest BCUT2D eigenvalue weighted by Crippen LogP contribution is -2.39. The maximum Gasteiger partial charge on any atom is 0.179 e. The number of nitrogens with one attached hydrogen (secondary N) is 1. The van der Waals surface area contributed by atoms with E-state index in [0.717, 1.165) is 24.2 Å². The third-order valence-corrected chi connectivity index (χ3v) is 3.58. The Morgan fingerprint density at radius 3 is 2.65 bits per heavy atom. The van der Waals surface area contributed by atoms with Crippen molar-refractivity contribution in [2.24, 2.45) is 5.73 Å². The number of nitrogens with zero attached hydrogens (tertiary/aromatic N) is 2. The summed E-state index contributed by atoms with van der Waals surface area (Å²) in [4.78, 5) is 12.0. The number of aromatic amines is 1. The number of hydrogen-bond acceptors (Lipinski definition) is 4. The Bertz CT molecular complexity index is 539. The van der Waals surface area contributed by atoms with Crippen molar-refractivity contribution in [2.75, 3.05) is 5.73 Å². The maximum absolute atomic E-state index is 6.43. The highest BCUT2D eigenvalue weighted by Gasteiger charge is 2.32. The Balaban J connectivity index is 2.05. The monoisotopic (exact) mass is 231 g/mol. The van der Waals surface area contributed by atoms with E-state index >= 15 is 0 Å². The number of rotatable bonds is 1. The Labute approximate surface area is 99.6 Å². The molecule has 1 aliphatic carbocycles. The van der Waals surface area contributed by atoms with Gasteiger partial charge < -0.3 is 16.5 Å². The number of pyridine rings is 1. The molecule has 0 bridgehead atoms. The van der Waals surface area contributed by atoms with E-state index in [1.807, 2.05) is 6.07 Å². The van der Waals surface area contributed by atoms with E-state index in [-0.39, 0.29) is 5.54 Å². The summed E-state index contributed by atoms with van der Waals surface area (Å²) < 4.78 is 0. The second kappa shape index (κ2) is 3.70. The van der Waals surface area contributed by atoms with Gasteiger partial charge in [-0.15, -0.1) is 0 Å². The Kier molecular flexibility index (Phi) is 2.29. The van der Waals surface area contributed by atoms with Gasteiger partial charge in [0.2, 0.25) is 0 Å². The Morgan fingerprint density at radius 2 is 1.88 bits per heavy atom. The summed E-state index contributed by atoms with van der Waals surface area (Å²) in [6, 6.07) is 3.68. The molecule has 5 nitrogen and oxygen atoms in total. The predicted octanol–water partition coefficient (Wildman–Crippen LogP) is 1.66. The molecule has 0 radical (unpaired) electrons. The maximum atomic E-state index is 6.43. The average molecular weight is 231 g/mol. The van der Waals surface area contributed by atoms with Crippen LogP contribution >= 0.6 is 0 Å². The molecule has 5 heteroatoms. The molecule has 90 valence electrons. The first kappa shape index (κ1) is 10.5. The normalized spacial score (nSPS) is 19.6. The van der Waals surface area contributed by atoms with Crippen molar-refractivity contribution in [3.8, 4) is 0 Å². The lowest BCUT2D eigenvalue weighted by Gasteiger charge is -2.31. The molecule has 0 saturated heterocycles. The molecule has 0 spiro atoms. The molecule has 3 rings (SSSR count). The van der Waals surface area contributed by atoms with Crippen molar-refractivity contribution in [1.29, 1.82) is 0 Å². The van der Waals surface area contributed by atoms with E-state index in [0.29, 0.717) is 11.5 Å². The Hall–Kier alpha value is -1.62. The van der Waals surface area contributed by atoms with Crippen LogP contribution in [0.4, 0.5) is 5.82 Å². The molecular formula is C12H17N5. The van der Waals surface area contributed by atoms with Gasteiger partial charge >= 0.3 is 0 Å². The SMILES string of the molecule is Nc1ccc2[nH]c(C3(N)CCCCC3)nc2n1. The van der Waals surface area contributed by atoms with Crippen LogP contribution in [-0.4, -0.2) is 15.0 Å². The smallest absolute Gasteiger partial charge is 0.179 e. The van der Waals surface area contributed by atoms with Gasteiger partial charge in [0.15, 0.2) is 5.65 Å². The van der Waals surface area contributed by atoms with Crippen molar-refractivity contribution in [2.45, 2.75) is 37.6 Å². The van der Waals surface area contributed by atoms with Crippen molar-refractivity contribution in [3.63, 3.8) is 0 Å². The summed E-state index contributed by atoms with van der Waals surface area (Å²) in [6.45, 7) is 0. The van der Waals surface area contributed by atoms with Crippen molar-refractivity contribution < 1.29 is 0 Å². The zero-order valence-corrected chi connectivity index (χ0v) is 9.74. The number of imidazole rings is 1. The number of hydrogen-bond donors (Lipinski definition) is 3. The topological polar surface area (TPSA) is 93.6 Å². The number of H-pyrrole nitrogens is 1. The van der Waals surface area contributed by atoms with Crippen LogP contribution in [0.1, 0.15) is 37.9 Å². The molecule has 2 aromatic rings. The average Bonchev–Trinajstić information content (AvgIpc) is 2.73. The van der Waals surface area contributed by atoms with Gasteiger partial charge in [-0.05, 0) is 25.0 Å². The minimum absolute atomic E-state index is 0.312. The molecule has 2 heterocycles. The van der Waals surface area contributed by atoms with Crippen LogP contribution in [0, 0.1) is 0 Å². The second-order valence-electron chi connectivity index (χ2n) is 4.91. The molecule has 1 saturated carbocycles. The van der Waals surface area contributed by atoms with E-state index < -0.39 is 0 Å². The molecule has 1 aliphatic rings. The van der Waals surface area contributed by atoms with Gasteiger partial charge in [0.25, 0.3) is 0 Å². The molecule has 5 N–H and O–H groups in total. The summed E-state index contributed by atoms with van der Waals surface area (Å²) in [5, 5.41) is 0. The minimum atomic E-state index is -0.312. The van der Waals surface area contributed by atoms with Crippen molar-refractivity contribution in [1.82, 2.24) is 15.0 Å². The standard InChI is InChI=1S/C12H17N5/c13-9-5-4-8-10(16-9)17-11(15-8)12(14)6-2-1-3-7-12/h4-5H,1-3,6-7,14H2,(H3,13,15,16,17). The molecule has 2 aromatic heterocycles. The number of anilines is 1. The van der Waals surface area contributed by atoms with Crippen LogP contribution in [0.25, 0.3) is 11.2 Å². The van der Waals surface area contributed by atoms with E-state index in [1.54, 1.807) is 6.07 Å². The first-order valence-electron chi connectivity index (χ1n) is 6.09. The fourth-order valence-electron chi connectivity index (χ4n) is 2.56. The fraction of sp³-hybridized carbons (Fsp3) is 0.500. The van der Waals surface area contributed by atoms with Crippen LogP contribution in [-0.2, 0) is 5.54 Å². The third-order valence-electron chi connectivity index (χ3n) is 3.58.